The first kappa shape index (κ1) is 13.4. The summed E-state index contributed by atoms with van der Waals surface area (Å²) < 4.78 is 0. The third kappa shape index (κ3) is 4.61. The van der Waals surface area contributed by atoms with Gasteiger partial charge in [-0.1, -0.05) is 33.6 Å². The molecule has 0 aromatic heterocycles. The van der Waals surface area contributed by atoms with E-state index in [-0.39, 0.29) is 12.0 Å². The van der Waals surface area contributed by atoms with Crippen LogP contribution >= 0.6 is 0 Å². The van der Waals surface area contributed by atoms with Crippen LogP contribution in [0.3, 0.4) is 0 Å². The van der Waals surface area contributed by atoms with Crippen molar-refractivity contribution in [3.05, 3.63) is 0 Å². The fraction of sp³-hybridized carbons (Fsp3) is 0.909. The highest BCUT2D eigenvalue weighted by molar-refractivity contribution is 5.73. The number of aliphatic carboxylic acids is 1. The van der Waals surface area contributed by atoms with E-state index in [0.717, 1.165) is 19.3 Å². The fourth-order valence-electron chi connectivity index (χ4n) is 1.54. The van der Waals surface area contributed by atoms with Gasteiger partial charge >= 0.3 is 5.97 Å². The molecule has 0 amide bonds. The highest BCUT2D eigenvalue weighted by Crippen LogP contribution is 2.09. The van der Waals surface area contributed by atoms with Crippen molar-refractivity contribution in [2.75, 3.05) is 0 Å². The fourth-order valence-corrected chi connectivity index (χ4v) is 1.54. The summed E-state index contributed by atoms with van der Waals surface area (Å²) in [4.78, 5) is 11.0. The molecule has 3 unspecified atom stereocenters. The Morgan fingerprint density at radius 1 is 1.36 bits per heavy atom. The van der Waals surface area contributed by atoms with E-state index in [4.69, 9.17) is 5.11 Å². The van der Waals surface area contributed by atoms with Crippen LogP contribution in [0.1, 0.15) is 47.0 Å². The molecule has 0 fully saturated rings. The van der Waals surface area contributed by atoms with Crippen molar-refractivity contribution in [1.29, 1.82) is 0 Å². The van der Waals surface area contributed by atoms with Gasteiger partial charge in [0, 0.05) is 6.04 Å². The molecule has 3 nitrogen and oxygen atoms in total. The van der Waals surface area contributed by atoms with Crippen molar-refractivity contribution >= 4 is 5.97 Å². The van der Waals surface area contributed by atoms with Crippen molar-refractivity contribution in [1.82, 2.24) is 5.32 Å². The molecule has 0 saturated heterocycles. The van der Waals surface area contributed by atoms with Crippen LogP contribution in [-0.4, -0.2) is 23.2 Å². The monoisotopic (exact) mass is 201 g/mol. The Kier molecular flexibility index (Phi) is 6.54. The molecule has 0 heterocycles. The normalized spacial score (nSPS) is 17.4. The summed E-state index contributed by atoms with van der Waals surface area (Å²) in [7, 11) is 0. The van der Waals surface area contributed by atoms with Crippen LogP contribution < -0.4 is 5.32 Å². The van der Waals surface area contributed by atoms with Crippen molar-refractivity contribution < 1.29 is 9.90 Å². The van der Waals surface area contributed by atoms with E-state index in [2.05, 4.69) is 12.2 Å². The molecule has 14 heavy (non-hydrogen) atoms. The average molecular weight is 201 g/mol. The summed E-state index contributed by atoms with van der Waals surface area (Å²) in [6, 6.07) is -0.114. The van der Waals surface area contributed by atoms with Crippen LogP contribution in [0.4, 0.5) is 0 Å². The van der Waals surface area contributed by atoms with Crippen molar-refractivity contribution in [3.63, 3.8) is 0 Å². The Labute approximate surface area is 86.9 Å². The summed E-state index contributed by atoms with van der Waals surface area (Å²) in [6.45, 7) is 8.15. The molecular formula is C11H23NO2. The van der Waals surface area contributed by atoms with Gasteiger partial charge in [-0.3, -0.25) is 4.79 Å². The zero-order valence-corrected chi connectivity index (χ0v) is 9.71. The topological polar surface area (TPSA) is 49.3 Å². The van der Waals surface area contributed by atoms with Gasteiger partial charge in [0.2, 0.25) is 0 Å². The molecule has 0 radical (unpaired) electrons. The second-order valence-electron chi connectivity index (χ2n) is 4.06. The second kappa shape index (κ2) is 6.82. The molecule has 0 aromatic rings. The molecule has 84 valence electrons. The summed E-state index contributed by atoms with van der Waals surface area (Å²) >= 11 is 0. The summed E-state index contributed by atoms with van der Waals surface area (Å²) in [5.74, 6) is -0.547. The lowest BCUT2D eigenvalue weighted by molar-refractivity contribution is -0.141. The third-order valence-electron chi connectivity index (χ3n) is 2.66. The quantitative estimate of drug-likeness (QED) is 0.664. The average Bonchev–Trinajstić information content (AvgIpc) is 2.13. The maximum absolute atomic E-state index is 11.0. The van der Waals surface area contributed by atoms with Crippen LogP contribution in [0.5, 0.6) is 0 Å². The van der Waals surface area contributed by atoms with E-state index < -0.39 is 12.0 Å². The van der Waals surface area contributed by atoms with Gasteiger partial charge in [-0.05, 0) is 19.3 Å². The minimum absolute atomic E-state index is 0.187. The third-order valence-corrected chi connectivity index (χ3v) is 2.66. The second-order valence-corrected chi connectivity index (χ2v) is 4.06. The van der Waals surface area contributed by atoms with E-state index in [0.29, 0.717) is 0 Å². The molecule has 0 aliphatic carbocycles. The van der Waals surface area contributed by atoms with Crippen molar-refractivity contribution in [2.24, 2.45) is 5.92 Å². The van der Waals surface area contributed by atoms with Gasteiger partial charge in [-0.25, -0.2) is 0 Å². The SMILES string of the molecule is CCCC(C)NC(C(=O)O)C(C)CC. The zero-order valence-electron chi connectivity index (χ0n) is 9.71. The first-order chi connectivity index (χ1) is 6.52. The molecule has 0 aliphatic rings. The molecule has 0 bridgehead atoms. The maximum Gasteiger partial charge on any atom is 0.320 e. The lowest BCUT2D eigenvalue weighted by Gasteiger charge is -2.24. The number of rotatable bonds is 7. The minimum Gasteiger partial charge on any atom is -0.480 e. The lowest BCUT2D eigenvalue weighted by Crippen LogP contribution is -2.46. The van der Waals surface area contributed by atoms with Gasteiger partial charge in [0.1, 0.15) is 6.04 Å². The van der Waals surface area contributed by atoms with Crippen LogP contribution in [0.25, 0.3) is 0 Å². The van der Waals surface area contributed by atoms with E-state index in [1.165, 1.54) is 0 Å². The van der Waals surface area contributed by atoms with Crippen molar-refractivity contribution in [3.8, 4) is 0 Å². The van der Waals surface area contributed by atoms with Gasteiger partial charge in [0.05, 0.1) is 0 Å². The number of hydrogen-bond donors (Lipinski definition) is 2. The Bertz CT molecular complexity index is 171. The van der Waals surface area contributed by atoms with Crippen LogP contribution in [0.15, 0.2) is 0 Å². The summed E-state index contributed by atoms with van der Waals surface area (Å²) in [5.41, 5.74) is 0. The number of hydrogen-bond acceptors (Lipinski definition) is 2. The van der Waals surface area contributed by atoms with E-state index >= 15 is 0 Å². The van der Waals surface area contributed by atoms with Gasteiger partial charge in [0.15, 0.2) is 0 Å². The standard InChI is InChI=1S/C11H23NO2/c1-5-7-9(4)12-10(11(13)14)8(3)6-2/h8-10,12H,5-7H2,1-4H3,(H,13,14). The Morgan fingerprint density at radius 3 is 2.29 bits per heavy atom. The highest BCUT2D eigenvalue weighted by Gasteiger charge is 2.24. The molecule has 0 rings (SSSR count). The molecule has 3 atom stereocenters. The van der Waals surface area contributed by atoms with Crippen LogP contribution in [-0.2, 0) is 4.79 Å². The van der Waals surface area contributed by atoms with E-state index in [9.17, 15) is 4.79 Å². The van der Waals surface area contributed by atoms with Gasteiger partial charge in [-0.15, -0.1) is 0 Å². The number of nitrogens with one attached hydrogen (secondary N) is 1. The maximum atomic E-state index is 11.0. The van der Waals surface area contributed by atoms with Gasteiger partial charge in [-0.2, -0.15) is 0 Å². The highest BCUT2D eigenvalue weighted by atomic mass is 16.4. The number of carboxylic acids is 1. The Morgan fingerprint density at radius 2 is 1.93 bits per heavy atom. The zero-order chi connectivity index (χ0) is 11.1. The Balaban J connectivity index is 4.15. The van der Waals surface area contributed by atoms with Crippen LogP contribution in [0, 0.1) is 5.92 Å². The van der Waals surface area contributed by atoms with Crippen molar-refractivity contribution in [2.45, 2.75) is 59.0 Å². The molecule has 0 saturated carbocycles. The Hall–Kier alpha value is -0.570. The van der Waals surface area contributed by atoms with E-state index in [1.807, 2.05) is 20.8 Å². The predicted molar refractivity (Wildman–Crippen MR) is 58.4 cm³/mol. The molecule has 0 aromatic carbocycles. The number of carboxylic acid groups (broad SMARTS) is 1. The molecular weight excluding hydrogens is 178 g/mol. The largest absolute Gasteiger partial charge is 0.480 e. The molecule has 0 aliphatic heterocycles. The smallest absolute Gasteiger partial charge is 0.320 e. The van der Waals surface area contributed by atoms with E-state index in [1.54, 1.807) is 0 Å². The minimum atomic E-state index is -0.734. The molecule has 0 spiro atoms. The first-order valence-corrected chi connectivity index (χ1v) is 5.51. The number of carbonyl (C=O) groups is 1. The molecule has 3 heteroatoms. The summed E-state index contributed by atoms with van der Waals surface area (Å²) in [5, 5.41) is 12.2. The molecule has 2 N–H and O–H groups in total. The van der Waals surface area contributed by atoms with Crippen LogP contribution in [0.2, 0.25) is 0 Å². The van der Waals surface area contributed by atoms with Gasteiger partial charge < -0.3 is 10.4 Å². The lowest BCUT2D eigenvalue weighted by atomic mass is 9.98. The first-order valence-electron chi connectivity index (χ1n) is 5.51. The summed E-state index contributed by atoms with van der Waals surface area (Å²) in [6.07, 6.45) is 3.00. The van der Waals surface area contributed by atoms with Gasteiger partial charge in [0.25, 0.3) is 0 Å². The predicted octanol–water partition coefficient (Wildman–Crippen LogP) is 2.26.